The van der Waals surface area contributed by atoms with E-state index in [1.807, 2.05) is 36.4 Å². The Morgan fingerprint density at radius 1 is 1.03 bits per heavy atom. The third-order valence-electron chi connectivity index (χ3n) is 5.10. The standard InChI is InChI=1S/C23H22Cl2N4O2/c1-15(31-21-10-6-17(24)14-19(21)25)23(30)26-18-7-4-16(5-8-18)20-9-11-22(28-27-20)29-12-2-3-13-29/h4-11,14-15H,2-3,12-13H2,1H3,(H,26,30). The number of nitrogens with zero attached hydrogens (tertiary/aromatic N) is 3. The van der Waals surface area contributed by atoms with E-state index in [1.54, 1.807) is 25.1 Å². The van der Waals surface area contributed by atoms with E-state index >= 15 is 0 Å². The van der Waals surface area contributed by atoms with Gasteiger partial charge in [0.2, 0.25) is 0 Å². The molecule has 1 aliphatic rings. The molecule has 3 aromatic rings. The number of anilines is 2. The Hall–Kier alpha value is -2.83. The third-order valence-corrected chi connectivity index (χ3v) is 5.63. The van der Waals surface area contributed by atoms with Crippen LogP contribution in [-0.4, -0.2) is 35.3 Å². The van der Waals surface area contributed by atoms with Crippen LogP contribution in [0.3, 0.4) is 0 Å². The maximum absolute atomic E-state index is 12.5. The third kappa shape index (κ3) is 5.27. The van der Waals surface area contributed by atoms with Gasteiger partial charge in [-0.3, -0.25) is 4.79 Å². The first-order valence-electron chi connectivity index (χ1n) is 10.1. The fourth-order valence-corrected chi connectivity index (χ4v) is 3.83. The maximum Gasteiger partial charge on any atom is 0.265 e. The average Bonchev–Trinajstić information content (AvgIpc) is 3.31. The van der Waals surface area contributed by atoms with Crippen molar-refractivity contribution in [3.63, 3.8) is 0 Å². The van der Waals surface area contributed by atoms with Gasteiger partial charge in [-0.2, -0.15) is 0 Å². The van der Waals surface area contributed by atoms with Crippen LogP contribution in [0.4, 0.5) is 11.5 Å². The highest BCUT2D eigenvalue weighted by Crippen LogP contribution is 2.28. The van der Waals surface area contributed by atoms with E-state index in [9.17, 15) is 4.79 Å². The van der Waals surface area contributed by atoms with Gasteiger partial charge in [0.25, 0.3) is 5.91 Å². The van der Waals surface area contributed by atoms with Crippen molar-refractivity contribution >= 4 is 40.6 Å². The van der Waals surface area contributed by atoms with Crippen LogP contribution in [0, 0.1) is 0 Å². The van der Waals surface area contributed by atoms with Crippen molar-refractivity contribution in [3.8, 4) is 17.0 Å². The minimum Gasteiger partial charge on any atom is -0.479 e. The van der Waals surface area contributed by atoms with Gasteiger partial charge in [-0.15, -0.1) is 10.2 Å². The number of amides is 1. The van der Waals surface area contributed by atoms with Gasteiger partial charge in [-0.1, -0.05) is 35.3 Å². The number of carbonyl (C=O) groups excluding carboxylic acids is 1. The summed E-state index contributed by atoms with van der Waals surface area (Å²) in [6.07, 6.45) is 1.67. The zero-order valence-corrected chi connectivity index (χ0v) is 18.5. The molecule has 1 aromatic heterocycles. The summed E-state index contributed by atoms with van der Waals surface area (Å²) < 4.78 is 5.66. The van der Waals surface area contributed by atoms with Crippen molar-refractivity contribution in [3.05, 3.63) is 64.6 Å². The van der Waals surface area contributed by atoms with Crippen LogP contribution in [0.25, 0.3) is 11.3 Å². The number of ether oxygens (including phenoxy) is 1. The second-order valence-electron chi connectivity index (χ2n) is 7.37. The summed E-state index contributed by atoms with van der Waals surface area (Å²) in [6.45, 7) is 3.73. The monoisotopic (exact) mass is 456 g/mol. The van der Waals surface area contributed by atoms with E-state index in [-0.39, 0.29) is 5.91 Å². The molecule has 1 unspecified atom stereocenters. The van der Waals surface area contributed by atoms with Crippen LogP contribution < -0.4 is 15.0 Å². The molecule has 4 rings (SSSR count). The second kappa shape index (κ2) is 9.54. The van der Waals surface area contributed by atoms with E-state index in [0.717, 1.165) is 30.2 Å². The largest absolute Gasteiger partial charge is 0.479 e. The second-order valence-corrected chi connectivity index (χ2v) is 8.22. The molecule has 2 heterocycles. The van der Waals surface area contributed by atoms with Gasteiger partial charge in [-0.05, 0) is 62.2 Å². The molecule has 1 N–H and O–H groups in total. The summed E-state index contributed by atoms with van der Waals surface area (Å²) >= 11 is 12.0. The zero-order valence-electron chi connectivity index (χ0n) is 17.0. The highest BCUT2D eigenvalue weighted by Gasteiger charge is 2.17. The van der Waals surface area contributed by atoms with Crippen molar-refractivity contribution in [1.29, 1.82) is 0 Å². The number of halogens is 2. The molecular weight excluding hydrogens is 435 g/mol. The lowest BCUT2D eigenvalue weighted by Crippen LogP contribution is -2.30. The normalized spacial score (nSPS) is 14.4. The number of hydrogen-bond acceptors (Lipinski definition) is 5. The van der Waals surface area contributed by atoms with Crippen molar-refractivity contribution < 1.29 is 9.53 Å². The number of benzene rings is 2. The number of aromatic nitrogens is 2. The molecule has 8 heteroatoms. The topological polar surface area (TPSA) is 67.3 Å². The summed E-state index contributed by atoms with van der Waals surface area (Å²) in [5, 5.41) is 12.4. The number of carbonyl (C=O) groups is 1. The summed E-state index contributed by atoms with van der Waals surface area (Å²) in [5.41, 5.74) is 2.37. The highest BCUT2D eigenvalue weighted by molar-refractivity contribution is 6.35. The molecule has 1 fully saturated rings. The van der Waals surface area contributed by atoms with E-state index in [2.05, 4.69) is 20.4 Å². The fraction of sp³-hybridized carbons (Fsp3) is 0.261. The van der Waals surface area contributed by atoms with Gasteiger partial charge >= 0.3 is 0 Å². The van der Waals surface area contributed by atoms with Crippen LogP contribution >= 0.6 is 23.2 Å². The summed E-state index contributed by atoms with van der Waals surface area (Å²) in [5.74, 6) is 1.04. The van der Waals surface area contributed by atoms with Gasteiger partial charge in [-0.25, -0.2) is 0 Å². The molecule has 1 saturated heterocycles. The molecule has 2 aromatic carbocycles. The molecule has 0 bridgehead atoms. The van der Waals surface area contributed by atoms with Gasteiger partial charge in [0.05, 0.1) is 10.7 Å². The van der Waals surface area contributed by atoms with E-state index < -0.39 is 6.10 Å². The lowest BCUT2D eigenvalue weighted by molar-refractivity contribution is -0.122. The van der Waals surface area contributed by atoms with Crippen LogP contribution in [0.15, 0.2) is 54.6 Å². The average molecular weight is 457 g/mol. The fourth-order valence-electron chi connectivity index (χ4n) is 3.38. The first-order chi connectivity index (χ1) is 15.0. The maximum atomic E-state index is 12.5. The van der Waals surface area contributed by atoms with Gasteiger partial charge in [0.15, 0.2) is 11.9 Å². The minimum atomic E-state index is -0.734. The predicted molar refractivity (Wildman–Crippen MR) is 124 cm³/mol. The Morgan fingerprint density at radius 2 is 1.77 bits per heavy atom. The van der Waals surface area contributed by atoms with E-state index in [0.29, 0.717) is 21.5 Å². The first-order valence-corrected chi connectivity index (χ1v) is 10.9. The highest BCUT2D eigenvalue weighted by atomic mass is 35.5. The van der Waals surface area contributed by atoms with Crippen molar-refractivity contribution in [2.45, 2.75) is 25.9 Å². The predicted octanol–water partition coefficient (Wildman–Crippen LogP) is 5.46. The lowest BCUT2D eigenvalue weighted by Gasteiger charge is -2.16. The Morgan fingerprint density at radius 3 is 2.42 bits per heavy atom. The number of nitrogens with one attached hydrogen (secondary N) is 1. The van der Waals surface area contributed by atoms with Crippen LogP contribution in [0.1, 0.15) is 19.8 Å². The van der Waals surface area contributed by atoms with Gasteiger partial charge in [0, 0.05) is 29.4 Å². The quantitative estimate of drug-likeness (QED) is 0.533. The first kappa shape index (κ1) is 21.4. The molecule has 1 aliphatic heterocycles. The molecule has 0 saturated carbocycles. The molecule has 0 spiro atoms. The number of rotatable bonds is 6. The molecule has 6 nitrogen and oxygen atoms in total. The Kier molecular flexibility index (Phi) is 6.59. The molecule has 1 atom stereocenters. The summed E-state index contributed by atoms with van der Waals surface area (Å²) in [6, 6.07) is 16.3. The van der Waals surface area contributed by atoms with Crippen molar-refractivity contribution in [1.82, 2.24) is 10.2 Å². The molecule has 160 valence electrons. The zero-order chi connectivity index (χ0) is 21.8. The molecule has 1 amide bonds. The van der Waals surface area contributed by atoms with E-state index in [4.69, 9.17) is 27.9 Å². The minimum absolute atomic E-state index is 0.284. The van der Waals surface area contributed by atoms with Crippen molar-refractivity contribution in [2.24, 2.45) is 0 Å². The van der Waals surface area contributed by atoms with Gasteiger partial charge in [0.1, 0.15) is 5.75 Å². The number of hydrogen-bond donors (Lipinski definition) is 1. The van der Waals surface area contributed by atoms with Crippen LogP contribution in [0.2, 0.25) is 10.0 Å². The molecule has 0 aliphatic carbocycles. The molecule has 31 heavy (non-hydrogen) atoms. The summed E-state index contributed by atoms with van der Waals surface area (Å²) in [4.78, 5) is 14.7. The van der Waals surface area contributed by atoms with Crippen LogP contribution in [-0.2, 0) is 4.79 Å². The Bertz CT molecular complexity index is 1050. The van der Waals surface area contributed by atoms with Crippen LogP contribution in [0.5, 0.6) is 5.75 Å². The smallest absolute Gasteiger partial charge is 0.265 e. The van der Waals surface area contributed by atoms with Gasteiger partial charge < -0.3 is 15.0 Å². The Balaban J connectivity index is 1.37. The SMILES string of the molecule is CC(Oc1ccc(Cl)cc1Cl)C(=O)Nc1ccc(-c2ccc(N3CCCC3)nn2)cc1. The van der Waals surface area contributed by atoms with E-state index in [1.165, 1.54) is 12.8 Å². The van der Waals surface area contributed by atoms with Crippen molar-refractivity contribution in [2.75, 3.05) is 23.3 Å². The Labute approximate surface area is 191 Å². The lowest BCUT2D eigenvalue weighted by atomic mass is 10.1. The molecular formula is C23H22Cl2N4O2. The molecule has 0 radical (unpaired) electrons. The summed E-state index contributed by atoms with van der Waals surface area (Å²) in [7, 11) is 0.